The number of hydrogen-bond donors (Lipinski definition) is 0. The summed E-state index contributed by atoms with van der Waals surface area (Å²) in [5.41, 5.74) is -0.974. The summed E-state index contributed by atoms with van der Waals surface area (Å²) in [5, 5.41) is 0. The number of carbonyl (C=O) groups excluding carboxylic acids is 2. The zero-order valence-electron chi connectivity index (χ0n) is 25.7. The third kappa shape index (κ3) is 5.18. The van der Waals surface area contributed by atoms with Crippen LogP contribution in [0.1, 0.15) is 122 Å². The van der Waals surface area contributed by atoms with Gasteiger partial charge in [-0.05, 0) is 72.8 Å². The summed E-state index contributed by atoms with van der Waals surface area (Å²) in [6, 6.07) is 0. The average Bonchev–Trinajstić information content (AvgIpc) is 2.80. The molecule has 2 aliphatic heterocycles. The largest absolute Gasteiger partial charge is 0.393 e. The summed E-state index contributed by atoms with van der Waals surface area (Å²) in [5.74, 6) is 0.727. The maximum absolute atomic E-state index is 12.8. The lowest BCUT2D eigenvalue weighted by Crippen LogP contribution is -2.70. The van der Waals surface area contributed by atoms with Gasteiger partial charge in [-0.1, -0.05) is 41.5 Å². The molecule has 0 bridgehead atoms. The molecule has 0 aromatic heterocycles. The SMILES string of the molecule is CCC1(C)CC(O[SiH](C)OC2CC(C)(CC)N(C(C)=O)C(C)(CC)C2C)C(C)C(C)(CC)N1C(C)=O. The van der Waals surface area contributed by atoms with Crippen molar-refractivity contribution < 1.29 is 18.4 Å². The molecule has 8 atom stereocenters. The Bertz CT molecular complexity index is 746. The summed E-state index contributed by atoms with van der Waals surface area (Å²) >= 11 is 0. The van der Waals surface area contributed by atoms with E-state index in [0.29, 0.717) is 0 Å². The lowest BCUT2D eigenvalue weighted by Gasteiger charge is -2.61. The standard InChI is InChI=1S/C29H56N2O4Si/c1-14-26(9)18-24(20(5)28(11,16-3)30(26)22(7)32)34-36(13)35-25-19-27(10,15-2)31(23(8)33)29(12,17-4)21(25)6/h20-21,24-25,36H,14-19H2,1-13H3. The van der Waals surface area contributed by atoms with Gasteiger partial charge >= 0.3 is 9.28 Å². The summed E-state index contributed by atoms with van der Waals surface area (Å²) in [7, 11) is -2.00. The van der Waals surface area contributed by atoms with Gasteiger partial charge in [0, 0.05) is 47.8 Å². The number of rotatable bonds is 8. The van der Waals surface area contributed by atoms with Crippen molar-refractivity contribution >= 4 is 21.1 Å². The van der Waals surface area contributed by atoms with Gasteiger partial charge in [0.25, 0.3) is 0 Å². The van der Waals surface area contributed by atoms with E-state index >= 15 is 0 Å². The predicted molar refractivity (Wildman–Crippen MR) is 150 cm³/mol. The molecule has 2 fully saturated rings. The first-order valence-corrected chi connectivity index (χ1v) is 16.5. The van der Waals surface area contributed by atoms with Crippen LogP contribution in [0.4, 0.5) is 0 Å². The summed E-state index contributed by atoms with van der Waals surface area (Å²) < 4.78 is 13.7. The molecular weight excluding hydrogens is 468 g/mol. The quantitative estimate of drug-likeness (QED) is 0.362. The lowest BCUT2D eigenvalue weighted by molar-refractivity contribution is -0.171. The second-order valence-corrected chi connectivity index (χ2v) is 14.4. The summed E-state index contributed by atoms with van der Waals surface area (Å²) in [6.45, 7) is 27.7. The second kappa shape index (κ2) is 11.1. The van der Waals surface area contributed by atoms with E-state index in [4.69, 9.17) is 8.85 Å². The maximum Gasteiger partial charge on any atom is 0.318 e. The molecule has 0 spiro atoms. The van der Waals surface area contributed by atoms with E-state index in [9.17, 15) is 9.59 Å². The third-order valence-corrected chi connectivity index (χ3v) is 12.2. The molecule has 2 aliphatic rings. The Labute approximate surface area is 223 Å². The molecule has 6 nitrogen and oxygen atoms in total. The highest BCUT2D eigenvalue weighted by atomic mass is 28.3. The first kappa shape index (κ1) is 31.3. The zero-order chi connectivity index (χ0) is 27.9. The van der Waals surface area contributed by atoms with E-state index in [0.717, 1.165) is 38.5 Å². The maximum atomic E-state index is 12.8. The van der Waals surface area contributed by atoms with Crippen LogP contribution in [0.3, 0.4) is 0 Å². The molecule has 36 heavy (non-hydrogen) atoms. The van der Waals surface area contributed by atoms with Crippen LogP contribution in [0.25, 0.3) is 0 Å². The second-order valence-electron chi connectivity index (χ2n) is 12.7. The first-order chi connectivity index (χ1) is 16.5. The highest BCUT2D eigenvalue weighted by molar-refractivity contribution is 6.42. The Kier molecular flexibility index (Phi) is 9.61. The van der Waals surface area contributed by atoms with Gasteiger partial charge in [-0.25, -0.2) is 0 Å². The van der Waals surface area contributed by atoms with Gasteiger partial charge < -0.3 is 18.7 Å². The first-order valence-electron chi connectivity index (χ1n) is 14.4. The third-order valence-electron chi connectivity index (χ3n) is 10.8. The van der Waals surface area contributed by atoms with E-state index in [1.54, 1.807) is 13.8 Å². The fourth-order valence-corrected chi connectivity index (χ4v) is 9.46. The normalized spacial score (nSPS) is 42.4. The monoisotopic (exact) mass is 524 g/mol. The Morgan fingerprint density at radius 2 is 1.03 bits per heavy atom. The van der Waals surface area contributed by atoms with Crippen LogP contribution in [0, 0.1) is 11.8 Å². The molecule has 2 heterocycles. The van der Waals surface area contributed by atoms with Crippen molar-refractivity contribution in [2.75, 3.05) is 0 Å². The number of likely N-dealkylation sites (tertiary alicyclic amines) is 2. The Morgan fingerprint density at radius 3 is 1.25 bits per heavy atom. The van der Waals surface area contributed by atoms with E-state index in [1.165, 1.54) is 0 Å². The predicted octanol–water partition coefficient (Wildman–Crippen LogP) is 6.06. The van der Waals surface area contributed by atoms with Crippen molar-refractivity contribution in [3.05, 3.63) is 0 Å². The number of piperidine rings is 2. The minimum atomic E-state index is -2.00. The fraction of sp³-hybridized carbons (Fsp3) is 0.931. The molecule has 8 unspecified atom stereocenters. The minimum Gasteiger partial charge on any atom is -0.393 e. The molecule has 7 heteroatoms. The van der Waals surface area contributed by atoms with Crippen molar-refractivity contribution in [1.82, 2.24) is 9.80 Å². The molecule has 2 amide bonds. The van der Waals surface area contributed by atoms with E-state index in [1.807, 2.05) is 0 Å². The van der Waals surface area contributed by atoms with Gasteiger partial charge in [-0.2, -0.15) is 0 Å². The molecule has 0 N–H and O–H groups in total. The van der Waals surface area contributed by atoms with Crippen LogP contribution in [0.15, 0.2) is 0 Å². The van der Waals surface area contributed by atoms with Crippen LogP contribution in [-0.2, 0) is 18.4 Å². The highest BCUT2D eigenvalue weighted by Gasteiger charge is 2.56. The van der Waals surface area contributed by atoms with Crippen LogP contribution >= 0.6 is 0 Å². The number of hydrogen-bond acceptors (Lipinski definition) is 4. The van der Waals surface area contributed by atoms with Crippen molar-refractivity contribution in [2.24, 2.45) is 11.8 Å². The topological polar surface area (TPSA) is 59.1 Å². The van der Waals surface area contributed by atoms with Gasteiger partial charge in [0.1, 0.15) is 0 Å². The Balaban J connectivity index is 2.30. The molecule has 2 rings (SSSR count). The molecular formula is C29H56N2O4Si. The number of carbonyl (C=O) groups is 2. The van der Waals surface area contributed by atoms with Gasteiger partial charge in [0.15, 0.2) is 0 Å². The van der Waals surface area contributed by atoms with Crippen LogP contribution in [0.2, 0.25) is 6.55 Å². The fourth-order valence-electron chi connectivity index (χ4n) is 7.75. The number of amides is 2. The van der Waals surface area contributed by atoms with Crippen molar-refractivity contribution in [1.29, 1.82) is 0 Å². The van der Waals surface area contributed by atoms with Gasteiger partial charge in [0.05, 0.1) is 12.2 Å². The molecule has 0 aliphatic carbocycles. The van der Waals surface area contributed by atoms with Crippen molar-refractivity contribution in [2.45, 2.75) is 163 Å². The molecule has 2 saturated heterocycles. The molecule has 0 aromatic carbocycles. The van der Waals surface area contributed by atoms with Crippen molar-refractivity contribution in [3.8, 4) is 0 Å². The summed E-state index contributed by atoms with van der Waals surface area (Å²) in [4.78, 5) is 29.9. The molecule has 210 valence electrons. The van der Waals surface area contributed by atoms with E-state index in [-0.39, 0.29) is 58.0 Å². The Hall–Kier alpha value is -0.923. The van der Waals surface area contributed by atoms with Crippen LogP contribution in [-0.4, -0.2) is 65.3 Å². The molecule has 0 aromatic rings. The summed E-state index contributed by atoms with van der Waals surface area (Å²) in [6.07, 6.45) is 5.36. The van der Waals surface area contributed by atoms with Gasteiger partial charge in [-0.3, -0.25) is 9.59 Å². The van der Waals surface area contributed by atoms with E-state index < -0.39 is 9.28 Å². The molecule has 0 saturated carbocycles. The van der Waals surface area contributed by atoms with Crippen molar-refractivity contribution in [3.63, 3.8) is 0 Å². The van der Waals surface area contributed by atoms with E-state index in [2.05, 4.69) is 85.6 Å². The Morgan fingerprint density at radius 1 is 0.722 bits per heavy atom. The minimum absolute atomic E-state index is 0.0555. The zero-order valence-corrected chi connectivity index (χ0v) is 26.8. The smallest absolute Gasteiger partial charge is 0.318 e. The molecule has 0 radical (unpaired) electrons. The van der Waals surface area contributed by atoms with Crippen LogP contribution in [0.5, 0.6) is 0 Å². The highest BCUT2D eigenvalue weighted by Crippen LogP contribution is 2.49. The number of nitrogens with zero attached hydrogens (tertiary/aromatic N) is 2. The van der Waals surface area contributed by atoms with Gasteiger partial charge in [0.2, 0.25) is 11.8 Å². The van der Waals surface area contributed by atoms with Gasteiger partial charge in [-0.15, -0.1) is 0 Å². The van der Waals surface area contributed by atoms with Crippen LogP contribution < -0.4 is 0 Å². The lowest BCUT2D eigenvalue weighted by atomic mass is 9.68. The average molecular weight is 525 g/mol.